The minimum absolute atomic E-state index is 0.0261. The van der Waals surface area contributed by atoms with Crippen LogP contribution in [0, 0.1) is 0 Å². The second kappa shape index (κ2) is 10.2. The standard InChI is InChI=1S/C23H20BrN3O5S/c24-16-3-5-17(6-4-16)27-22(30)19(21(29)25-23(27)33)13-15-1-7-18(8-2-15)32-14-20(28)26-9-11-31-12-10-26/h1-8,13H,9-12,14H2,(H,25,29,33)/b19-13+. The number of benzene rings is 2. The fraction of sp³-hybridized carbons (Fsp3) is 0.217. The molecule has 8 nitrogen and oxygen atoms in total. The maximum Gasteiger partial charge on any atom is 0.270 e. The minimum atomic E-state index is -0.560. The van der Waals surface area contributed by atoms with E-state index >= 15 is 0 Å². The zero-order valence-corrected chi connectivity index (χ0v) is 19.9. The molecule has 4 rings (SSSR count). The van der Waals surface area contributed by atoms with E-state index in [1.54, 1.807) is 53.4 Å². The van der Waals surface area contributed by atoms with Gasteiger partial charge in [0.25, 0.3) is 17.7 Å². The Morgan fingerprint density at radius 1 is 1.09 bits per heavy atom. The highest BCUT2D eigenvalue weighted by Crippen LogP contribution is 2.24. The first-order valence-corrected chi connectivity index (χ1v) is 11.4. The Bertz CT molecular complexity index is 1110. The van der Waals surface area contributed by atoms with Gasteiger partial charge in [0.1, 0.15) is 11.3 Å². The molecule has 33 heavy (non-hydrogen) atoms. The quantitative estimate of drug-likeness (QED) is 0.363. The first-order chi connectivity index (χ1) is 15.9. The van der Waals surface area contributed by atoms with Crippen molar-refractivity contribution in [1.29, 1.82) is 0 Å². The maximum atomic E-state index is 13.1. The number of nitrogens with zero attached hydrogens (tertiary/aromatic N) is 2. The number of rotatable bonds is 5. The topological polar surface area (TPSA) is 88.2 Å². The Kier molecular flexibility index (Phi) is 7.17. The molecule has 2 heterocycles. The number of nitrogens with one attached hydrogen (secondary N) is 1. The normalized spacial score (nSPS) is 17.8. The number of carbonyl (C=O) groups excluding carboxylic acids is 3. The highest BCUT2D eigenvalue weighted by atomic mass is 79.9. The lowest BCUT2D eigenvalue weighted by molar-refractivity contribution is -0.137. The number of ether oxygens (including phenoxy) is 2. The minimum Gasteiger partial charge on any atom is -0.484 e. The van der Waals surface area contributed by atoms with Crippen molar-refractivity contribution in [3.63, 3.8) is 0 Å². The van der Waals surface area contributed by atoms with E-state index in [1.165, 1.54) is 11.0 Å². The van der Waals surface area contributed by atoms with Gasteiger partial charge in [0, 0.05) is 17.6 Å². The number of carbonyl (C=O) groups is 3. The monoisotopic (exact) mass is 529 g/mol. The molecule has 0 saturated carbocycles. The molecule has 2 aromatic carbocycles. The lowest BCUT2D eigenvalue weighted by Crippen LogP contribution is -2.54. The van der Waals surface area contributed by atoms with E-state index in [4.69, 9.17) is 21.7 Å². The number of amides is 3. The van der Waals surface area contributed by atoms with Crippen LogP contribution in [0.5, 0.6) is 5.75 Å². The molecule has 0 aliphatic carbocycles. The lowest BCUT2D eigenvalue weighted by atomic mass is 10.1. The van der Waals surface area contributed by atoms with Crippen LogP contribution in [0.3, 0.4) is 0 Å². The fourth-order valence-electron chi connectivity index (χ4n) is 3.36. The summed E-state index contributed by atoms with van der Waals surface area (Å²) in [5.74, 6) is -0.661. The fourth-order valence-corrected chi connectivity index (χ4v) is 3.90. The average molecular weight is 530 g/mol. The first-order valence-electron chi connectivity index (χ1n) is 10.2. The summed E-state index contributed by atoms with van der Waals surface area (Å²) in [6, 6.07) is 13.8. The zero-order valence-electron chi connectivity index (χ0n) is 17.5. The van der Waals surface area contributed by atoms with Crippen molar-refractivity contribution in [3.05, 3.63) is 64.1 Å². The molecule has 10 heteroatoms. The van der Waals surface area contributed by atoms with Crippen LogP contribution in [0.25, 0.3) is 6.08 Å². The van der Waals surface area contributed by atoms with Gasteiger partial charge in [0.05, 0.1) is 18.9 Å². The van der Waals surface area contributed by atoms with Gasteiger partial charge in [-0.05, 0) is 60.3 Å². The summed E-state index contributed by atoms with van der Waals surface area (Å²) < 4.78 is 11.7. The number of thiocarbonyl (C=S) groups is 1. The summed E-state index contributed by atoms with van der Waals surface area (Å²) in [5.41, 5.74) is 1.14. The van der Waals surface area contributed by atoms with E-state index < -0.39 is 11.8 Å². The molecule has 0 aromatic heterocycles. The van der Waals surface area contributed by atoms with Crippen molar-refractivity contribution in [1.82, 2.24) is 10.2 Å². The lowest BCUT2D eigenvalue weighted by Gasteiger charge is -2.29. The molecule has 2 saturated heterocycles. The predicted molar refractivity (Wildman–Crippen MR) is 130 cm³/mol. The predicted octanol–water partition coefficient (Wildman–Crippen LogP) is 2.52. The SMILES string of the molecule is O=C1NC(=S)N(c2ccc(Br)cc2)C(=O)/C1=C/c1ccc(OCC(=O)N2CCOCC2)cc1. The first kappa shape index (κ1) is 23.1. The van der Waals surface area contributed by atoms with Gasteiger partial charge in [0.15, 0.2) is 11.7 Å². The number of anilines is 1. The van der Waals surface area contributed by atoms with E-state index in [1.807, 2.05) is 0 Å². The van der Waals surface area contributed by atoms with Crippen LogP contribution in [0.15, 0.2) is 58.6 Å². The van der Waals surface area contributed by atoms with Gasteiger partial charge in [-0.15, -0.1) is 0 Å². The van der Waals surface area contributed by atoms with E-state index in [0.29, 0.717) is 43.3 Å². The molecule has 170 valence electrons. The largest absolute Gasteiger partial charge is 0.484 e. The smallest absolute Gasteiger partial charge is 0.270 e. The molecule has 3 amide bonds. The Hall–Kier alpha value is -3.08. The summed E-state index contributed by atoms with van der Waals surface area (Å²) in [6.45, 7) is 2.12. The molecule has 2 aromatic rings. The Morgan fingerprint density at radius 3 is 2.42 bits per heavy atom. The highest BCUT2D eigenvalue weighted by molar-refractivity contribution is 9.10. The van der Waals surface area contributed by atoms with Gasteiger partial charge in [-0.3, -0.25) is 24.6 Å². The van der Waals surface area contributed by atoms with Gasteiger partial charge in [-0.25, -0.2) is 0 Å². The molecule has 1 N–H and O–H groups in total. The van der Waals surface area contributed by atoms with Crippen molar-refractivity contribution in [3.8, 4) is 5.75 Å². The molecular weight excluding hydrogens is 510 g/mol. The molecule has 2 aliphatic rings. The van der Waals surface area contributed by atoms with Gasteiger partial charge < -0.3 is 14.4 Å². The summed E-state index contributed by atoms with van der Waals surface area (Å²) in [6.07, 6.45) is 1.49. The van der Waals surface area contributed by atoms with E-state index in [0.717, 1.165) is 4.47 Å². The summed E-state index contributed by atoms with van der Waals surface area (Å²) >= 11 is 8.56. The highest BCUT2D eigenvalue weighted by Gasteiger charge is 2.34. The average Bonchev–Trinajstić information content (AvgIpc) is 2.82. The number of hydrogen-bond donors (Lipinski definition) is 1. The number of hydrogen-bond acceptors (Lipinski definition) is 6. The molecule has 0 radical (unpaired) electrons. The Morgan fingerprint density at radius 2 is 1.76 bits per heavy atom. The summed E-state index contributed by atoms with van der Waals surface area (Å²) in [4.78, 5) is 40.7. The number of halogens is 1. The molecule has 0 spiro atoms. The second-order valence-corrected chi connectivity index (χ2v) is 8.59. The van der Waals surface area contributed by atoms with E-state index in [2.05, 4.69) is 21.2 Å². The van der Waals surface area contributed by atoms with Crippen molar-refractivity contribution >= 4 is 62.7 Å². The van der Waals surface area contributed by atoms with Crippen LogP contribution in [-0.4, -0.2) is 60.6 Å². The van der Waals surface area contributed by atoms with Gasteiger partial charge in [-0.2, -0.15) is 0 Å². The molecule has 2 aliphatic heterocycles. The second-order valence-electron chi connectivity index (χ2n) is 7.29. The van der Waals surface area contributed by atoms with Crippen LogP contribution in [0.4, 0.5) is 5.69 Å². The van der Waals surface area contributed by atoms with Crippen LogP contribution in [0.1, 0.15) is 5.56 Å². The van der Waals surface area contributed by atoms with Crippen molar-refractivity contribution in [2.75, 3.05) is 37.8 Å². The van der Waals surface area contributed by atoms with E-state index in [-0.39, 0.29) is 23.2 Å². The van der Waals surface area contributed by atoms with Gasteiger partial charge in [-0.1, -0.05) is 28.1 Å². The van der Waals surface area contributed by atoms with Crippen LogP contribution in [-0.2, 0) is 19.1 Å². The van der Waals surface area contributed by atoms with Crippen LogP contribution >= 0.6 is 28.1 Å². The molecule has 0 atom stereocenters. The third kappa shape index (κ3) is 5.47. The Balaban J connectivity index is 1.45. The van der Waals surface area contributed by atoms with Crippen LogP contribution < -0.4 is 15.0 Å². The zero-order chi connectivity index (χ0) is 23.4. The Labute approximate surface area is 204 Å². The third-order valence-electron chi connectivity index (χ3n) is 5.10. The van der Waals surface area contributed by atoms with E-state index in [9.17, 15) is 14.4 Å². The van der Waals surface area contributed by atoms with Crippen LogP contribution in [0.2, 0.25) is 0 Å². The van der Waals surface area contributed by atoms with Crippen molar-refractivity contribution in [2.24, 2.45) is 0 Å². The third-order valence-corrected chi connectivity index (χ3v) is 5.92. The number of morpholine rings is 1. The molecule has 0 unspecified atom stereocenters. The summed E-state index contributed by atoms with van der Waals surface area (Å²) in [5, 5.41) is 2.59. The molecular formula is C23H20BrN3O5S. The van der Waals surface area contributed by atoms with Gasteiger partial charge in [0.2, 0.25) is 0 Å². The maximum absolute atomic E-state index is 13.1. The molecule has 2 fully saturated rings. The van der Waals surface area contributed by atoms with Gasteiger partial charge >= 0.3 is 0 Å². The molecule has 0 bridgehead atoms. The van der Waals surface area contributed by atoms with Crippen molar-refractivity contribution in [2.45, 2.75) is 0 Å². The van der Waals surface area contributed by atoms with Crippen molar-refractivity contribution < 1.29 is 23.9 Å². The summed E-state index contributed by atoms with van der Waals surface area (Å²) in [7, 11) is 0.